The summed E-state index contributed by atoms with van der Waals surface area (Å²) in [4.78, 5) is 53.1. The molecule has 27 heteroatoms. The topological polar surface area (TPSA) is 294 Å². The zero-order valence-electron chi connectivity index (χ0n) is 53.6. The van der Waals surface area contributed by atoms with Crippen LogP contribution >= 0.6 is 0 Å². The highest BCUT2D eigenvalue weighted by Gasteiger charge is 2.31. The van der Waals surface area contributed by atoms with E-state index in [0.717, 1.165) is 11.1 Å². The van der Waals surface area contributed by atoms with Crippen molar-refractivity contribution in [3.63, 3.8) is 0 Å². The van der Waals surface area contributed by atoms with Gasteiger partial charge in [0.25, 0.3) is 0 Å². The van der Waals surface area contributed by atoms with Crippen LogP contribution in [0.2, 0.25) is 0 Å². The minimum Gasteiger partial charge on any atom is -0.486 e. The van der Waals surface area contributed by atoms with E-state index in [1.54, 1.807) is 77.0 Å². The summed E-state index contributed by atoms with van der Waals surface area (Å²) in [5, 5.41) is 13.4. The average molecular weight is 1300 g/mol. The normalized spacial score (nSPS) is 11.4. The van der Waals surface area contributed by atoms with Crippen molar-refractivity contribution in [1.82, 2.24) is 5.32 Å². The highest BCUT2D eigenvalue weighted by atomic mass is 16.6. The van der Waals surface area contributed by atoms with Crippen molar-refractivity contribution in [1.29, 1.82) is 0 Å². The van der Waals surface area contributed by atoms with Crippen molar-refractivity contribution >= 4 is 23.8 Å². The summed E-state index contributed by atoms with van der Waals surface area (Å²) < 4.78 is 119. The Balaban J connectivity index is 1.86. The highest BCUT2D eigenvalue weighted by molar-refractivity contribution is 5.95. The van der Waals surface area contributed by atoms with Gasteiger partial charge in [-0.2, -0.15) is 0 Å². The molecule has 0 radical (unpaired) electrons. The molecule has 91 heavy (non-hydrogen) atoms. The van der Waals surface area contributed by atoms with Crippen LogP contribution in [0.5, 0.6) is 17.2 Å². The molecule has 0 spiro atoms. The van der Waals surface area contributed by atoms with Crippen molar-refractivity contribution in [2.75, 3.05) is 227 Å². The molecule has 2 N–H and O–H groups in total. The van der Waals surface area contributed by atoms with Crippen LogP contribution in [0.25, 0.3) is 0 Å². The maximum absolute atomic E-state index is 13.4. The van der Waals surface area contributed by atoms with E-state index in [9.17, 15) is 24.3 Å². The van der Waals surface area contributed by atoms with E-state index in [4.69, 9.17) is 99.5 Å². The average Bonchev–Trinajstić information content (AvgIpc) is 1.75. The van der Waals surface area contributed by atoms with Crippen LogP contribution in [-0.4, -0.2) is 268 Å². The summed E-state index contributed by atoms with van der Waals surface area (Å²) in [5.74, 6) is -4.82. The summed E-state index contributed by atoms with van der Waals surface area (Å²) in [6, 6.07) is 20.6. The maximum atomic E-state index is 13.4. The second kappa shape index (κ2) is 55.9. The van der Waals surface area contributed by atoms with E-state index in [1.165, 1.54) is 12.1 Å². The van der Waals surface area contributed by atoms with E-state index in [1.807, 2.05) is 12.1 Å². The van der Waals surface area contributed by atoms with Crippen LogP contribution in [0.4, 0.5) is 0 Å². The summed E-state index contributed by atoms with van der Waals surface area (Å²) in [7, 11) is 6.37. The van der Waals surface area contributed by atoms with Gasteiger partial charge in [0.2, 0.25) is 11.7 Å². The number of aromatic carboxylic acids is 1. The maximum Gasteiger partial charge on any atom is 0.335 e. The molecule has 0 aromatic heterocycles. The fourth-order valence-electron chi connectivity index (χ4n) is 7.62. The Labute approximate surface area is 535 Å². The molecule has 3 aromatic rings. The molecule has 3 rings (SSSR count). The number of carbonyl (C=O) groups is 4. The lowest BCUT2D eigenvalue weighted by molar-refractivity contribution is -0.164. The molecule has 27 nitrogen and oxygen atoms in total. The first kappa shape index (κ1) is 79.5. The molecule has 0 atom stereocenters. The lowest BCUT2D eigenvalue weighted by atomic mass is 10.0. The monoisotopic (exact) mass is 1300 g/mol. The third kappa shape index (κ3) is 41.5. The molecule has 0 saturated heterocycles. The number of ether oxygens (including phenoxy) is 21. The minimum absolute atomic E-state index is 0.0134. The van der Waals surface area contributed by atoms with Gasteiger partial charge in [0.05, 0.1) is 197 Å². The standard InChI is InChI=1S/C64H99NO26/c1-71-20-24-75-28-32-79-36-40-83-48-55(49-84-41-37-80-33-29-76-25-21-72-2)90-58-44-54(62(67)68)45-59(91-56(50-85-42-38-81-34-30-77-26-22-73-3)51-86-43-39-82-35-31-78-27-23-74-4)61(58)87-19-11-18-65-60(66)17-16-57(63(69)88-46-52-12-7-5-8-13-52)64(70)89-47-53-14-9-6-10-15-53/h5-10,12-15,44-45,55-57H,11,16-43,46-51H2,1-4H3,(H,65,66)(H,67,68). The van der Waals surface area contributed by atoms with Crippen LogP contribution in [-0.2, 0) is 113 Å². The Kier molecular flexibility index (Phi) is 48.9. The first-order chi connectivity index (χ1) is 44.7. The predicted molar refractivity (Wildman–Crippen MR) is 328 cm³/mol. The van der Waals surface area contributed by atoms with E-state index >= 15 is 0 Å². The van der Waals surface area contributed by atoms with Gasteiger partial charge in [-0.25, -0.2) is 4.79 Å². The zero-order chi connectivity index (χ0) is 65.3. The number of esters is 2. The molecule has 0 fully saturated rings. The number of carboxylic acid groups (broad SMARTS) is 1. The fourth-order valence-corrected chi connectivity index (χ4v) is 7.62. The van der Waals surface area contributed by atoms with Gasteiger partial charge in [-0.15, -0.1) is 0 Å². The summed E-state index contributed by atoms with van der Waals surface area (Å²) in [6.45, 7) is 7.69. The minimum atomic E-state index is -1.38. The van der Waals surface area contributed by atoms with Gasteiger partial charge in [-0.1, -0.05) is 60.7 Å². The third-order valence-electron chi connectivity index (χ3n) is 12.3. The van der Waals surface area contributed by atoms with Gasteiger partial charge in [-0.3, -0.25) is 14.4 Å². The largest absolute Gasteiger partial charge is 0.486 e. The number of rotatable bonds is 63. The SMILES string of the molecule is COCCOCCOCCOCC(COCCOCCOCCOC)Oc1cc(C(=O)O)cc(OC(COCCOCCOCCOC)COCCOCCOCCOC)c1OCCCNC(=O)CCC(C(=O)OCc1ccccc1)C(=O)OCc1ccccc1. The number of hydrogen-bond donors (Lipinski definition) is 2. The van der Waals surface area contributed by atoms with Crippen molar-refractivity contribution in [3.05, 3.63) is 89.5 Å². The smallest absolute Gasteiger partial charge is 0.335 e. The number of carboxylic acids is 1. The van der Waals surface area contributed by atoms with Crippen LogP contribution in [0.15, 0.2) is 72.8 Å². The number of nitrogens with one attached hydrogen (secondary N) is 1. The number of amides is 1. The van der Waals surface area contributed by atoms with E-state index < -0.39 is 41.9 Å². The molecule has 0 saturated carbocycles. The van der Waals surface area contributed by atoms with Crippen LogP contribution < -0.4 is 19.5 Å². The first-order valence-corrected chi connectivity index (χ1v) is 30.6. The first-order valence-electron chi connectivity index (χ1n) is 30.6. The quantitative estimate of drug-likeness (QED) is 0.0449. The van der Waals surface area contributed by atoms with Crippen molar-refractivity contribution in [3.8, 4) is 17.2 Å². The Bertz CT molecular complexity index is 2070. The van der Waals surface area contributed by atoms with Crippen molar-refractivity contribution in [2.45, 2.75) is 44.7 Å². The Morgan fingerprint density at radius 1 is 0.418 bits per heavy atom. The number of benzene rings is 3. The predicted octanol–water partition coefficient (Wildman–Crippen LogP) is 4.43. The van der Waals surface area contributed by atoms with Gasteiger partial charge >= 0.3 is 17.9 Å². The molecular formula is C64H99NO26. The van der Waals surface area contributed by atoms with E-state index in [2.05, 4.69) is 5.32 Å². The molecular weight excluding hydrogens is 1200 g/mol. The van der Waals surface area contributed by atoms with Crippen molar-refractivity contribution < 1.29 is 124 Å². The molecule has 0 heterocycles. The van der Waals surface area contributed by atoms with Gasteiger partial charge in [0.1, 0.15) is 25.4 Å². The molecule has 0 aliphatic carbocycles. The Morgan fingerprint density at radius 3 is 1.05 bits per heavy atom. The van der Waals surface area contributed by atoms with Crippen LogP contribution in [0, 0.1) is 5.92 Å². The molecule has 1 amide bonds. The molecule has 0 aliphatic heterocycles. The lowest BCUT2D eigenvalue weighted by Gasteiger charge is -2.25. The lowest BCUT2D eigenvalue weighted by Crippen LogP contribution is -2.32. The van der Waals surface area contributed by atoms with E-state index in [-0.39, 0.29) is 148 Å². The van der Waals surface area contributed by atoms with Gasteiger partial charge in [-0.05, 0) is 36.1 Å². The van der Waals surface area contributed by atoms with Gasteiger partial charge in [0, 0.05) is 41.4 Å². The van der Waals surface area contributed by atoms with Crippen LogP contribution in [0.1, 0.15) is 40.7 Å². The van der Waals surface area contributed by atoms with Gasteiger partial charge < -0.3 is 110 Å². The third-order valence-corrected chi connectivity index (χ3v) is 12.3. The van der Waals surface area contributed by atoms with Gasteiger partial charge in [0.15, 0.2) is 17.4 Å². The second-order valence-electron chi connectivity index (χ2n) is 19.6. The highest BCUT2D eigenvalue weighted by Crippen LogP contribution is 2.40. The molecule has 0 unspecified atom stereocenters. The number of hydrogen-bond acceptors (Lipinski definition) is 25. The van der Waals surface area contributed by atoms with Crippen molar-refractivity contribution in [2.24, 2.45) is 5.92 Å². The molecule has 0 bridgehead atoms. The summed E-state index contributed by atoms with van der Waals surface area (Å²) in [5.41, 5.74) is 1.23. The Hall–Kier alpha value is -5.70. The molecule has 3 aromatic carbocycles. The molecule has 516 valence electrons. The number of carbonyl (C=O) groups excluding carboxylic acids is 3. The fraction of sp³-hybridized carbons (Fsp3) is 0.656. The number of methoxy groups -OCH3 is 4. The zero-order valence-corrected chi connectivity index (χ0v) is 53.6. The van der Waals surface area contributed by atoms with Crippen LogP contribution in [0.3, 0.4) is 0 Å². The molecule has 0 aliphatic rings. The van der Waals surface area contributed by atoms with E-state index in [0.29, 0.717) is 106 Å². The summed E-state index contributed by atoms with van der Waals surface area (Å²) in [6.07, 6.45) is -1.91. The second-order valence-corrected chi connectivity index (χ2v) is 19.6. The summed E-state index contributed by atoms with van der Waals surface area (Å²) >= 11 is 0. The Morgan fingerprint density at radius 2 is 0.736 bits per heavy atom.